The minimum absolute atomic E-state index is 0.0736. The Morgan fingerprint density at radius 3 is 2.88 bits per heavy atom. The first-order valence-corrected chi connectivity index (χ1v) is 5.34. The molecule has 0 spiro atoms. The van der Waals surface area contributed by atoms with E-state index in [1.807, 2.05) is 0 Å². The summed E-state index contributed by atoms with van der Waals surface area (Å²) in [4.78, 5) is 11.5. The minimum Gasteiger partial charge on any atom is -0.352 e. The molecule has 0 heterocycles. The van der Waals surface area contributed by atoms with E-state index in [2.05, 4.69) is 5.32 Å². The second-order valence-corrected chi connectivity index (χ2v) is 3.99. The summed E-state index contributed by atoms with van der Waals surface area (Å²) < 4.78 is 13.3. The number of carbonyl (C=O) groups excluding carboxylic acids is 1. The van der Waals surface area contributed by atoms with Crippen LogP contribution in [-0.4, -0.2) is 18.5 Å². The number of hydrogen-bond acceptors (Lipinski definition) is 2. The SMILES string of the molecule is CC(CN)NC(=O)Cc1c(F)cccc1Cl. The Labute approximate surface area is 98.8 Å². The number of nitrogens with one attached hydrogen (secondary N) is 1. The van der Waals surface area contributed by atoms with Crippen LogP contribution in [0.15, 0.2) is 18.2 Å². The topological polar surface area (TPSA) is 55.1 Å². The van der Waals surface area contributed by atoms with Gasteiger partial charge in [0.25, 0.3) is 0 Å². The molecule has 0 aromatic heterocycles. The predicted molar refractivity (Wildman–Crippen MR) is 61.8 cm³/mol. The molecule has 0 fully saturated rings. The number of carbonyl (C=O) groups is 1. The maximum Gasteiger partial charge on any atom is 0.224 e. The van der Waals surface area contributed by atoms with E-state index < -0.39 is 5.82 Å². The number of benzene rings is 1. The molecule has 1 unspecified atom stereocenters. The average molecular weight is 245 g/mol. The van der Waals surface area contributed by atoms with Gasteiger partial charge in [0.15, 0.2) is 0 Å². The third-order valence-electron chi connectivity index (χ3n) is 2.16. The summed E-state index contributed by atoms with van der Waals surface area (Å²) in [6.07, 6.45) is -0.0736. The Kier molecular flexibility index (Phi) is 4.71. The van der Waals surface area contributed by atoms with Gasteiger partial charge in [-0.25, -0.2) is 4.39 Å². The fraction of sp³-hybridized carbons (Fsp3) is 0.364. The number of amides is 1. The summed E-state index contributed by atoms with van der Waals surface area (Å²) in [5.41, 5.74) is 5.57. The highest BCUT2D eigenvalue weighted by atomic mass is 35.5. The fourth-order valence-corrected chi connectivity index (χ4v) is 1.48. The van der Waals surface area contributed by atoms with E-state index >= 15 is 0 Å². The molecule has 0 aliphatic carbocycles. The van der Waals surface area contributed by atoms with E-state index in [1.165, 1.54) is 12.1 Å². The van der Waals surface area contributed by atoms with Crippen molar-refractivity contribution in [3.05, 3.63) is 34.6 Å². The lowest BCUT2D eigenvalue weighted by molar-refractivity contribution is -0.121. The summed E-state index contributed by atoms with van der Waals surface area (Å²) in [6.45, 7) is 2.12. The molecule has 16 heavy (non-hydrogen) atoms. The van der Waals surface area contributed by atoms with Gasteiger partial charge in [-0.15, -0.1) is 0 Å². The molecule has 1 aromatic carbocycles. The van der Waals surface area contributed by atoms with E-state index in [4.69, 9.17) is 17.3 Å². The zero-order chi connectivity index (χ0) is 12.1. The predicted octanol–water partition coefficient (Wildman–Crippen LogP) is 1.48. The zero-order valence-electron chi connectivity index (χ0n) is 8.97. The molecule has 1 aromatic rings. The standard InChI is InChI=1S/C11H14ClFN2O/c1-7(6-14)15-11(16)5-8-9(12)3-2-4-10(8)13/h2-4,7H,5-6,14H2,1H3,(H,15,16). The zero-order valence-corrected chi connectivity index (χ0v) is 9.72. The van der Waals surface area contributed by atoms with Crippen LogP contribution in [0.5, 0.6) is 0 Å². The summed E-state index contributed by atoms with van der Waals surface area (Å²) in [6, 6.07) is 4.21. The molecule has 0 saturated carbocycles. The highest BCUT2D eigenvalue weighted by Gasteiger charge is 2.12. The molecule has 0 aliphatic heterocycles. The summed E-state index contributed by atoms with van der Waals surface area (Å²) in [5.74, 6) is -0.756. The van der Waals surface area contributed by atoms with Crippen LogP contribution in [0.4, 0.5) is 4.39 Å². The second kappa shape index (κ2) is 5.82. The Balaban J connectivity index is 2.70. The molecule has 1 rings (SSSR count). The first kappa shape index (κ1) is 12.9. The lowest BCUT2D eigenvalue weighted by atomic mass is 10.1. The molecule has 0 bridgehead atoms. The smallest absolute Gasteiger partial charge is 0.224 e. The van der Waals surface area contributed by atoms with Crippen LogP contribution in [0.1, 0.15) is 12.5 Å². The van der Waals surface area contributed by atoms with Gasteiger partial charge in [0.1, 0.15) is 5.82 Å². The second-order valence-electron chi connectivity index (χ2n) is 3.58. The van der Waals surface area contributed by atoms with Gasteiger partial charge in [-0.2, -0.15) is 0 Å². The molecule has 1 amide bonds. The average Bonchev–Trinajstić information content (AvgIpc) is 2.23. The van der Waals surface area contributed by atoms with Gasteiger partial charge in [-0.3, -0.25) is 4.79 Å². The van der Waals surface area contributed by atoms with Crippen molar-refractivity contribution < 1.29 is 9.18 Å². The maximum atomic E-state index is 13.3. The molecular formula is C11H14ClFN2O. The molecule has 3 N–H and O–H groups in total. The third kappa shape index (κ3) is 3.47. The highest BCUT2D eigenvalue weighted by Crippen LogP contribution is 2.19. The number of halogens is 2. The maximum absolute atomic E-state index is 13.3. The Morgan fingerprint density at radius 2 is 2.31 bits per heavy atom. The molecule has 1 atom stereocenters. The van der Waals surface area contributed by atoms with E-state index in [1.54, 1.807) is 13.0 Å². The number of hydrogen-bond donors (Lipinski definition) is 2. The monoisotopic (exact) mass is 244 g/mol. The van der Waals surface area contributed by atoms with Crippen molar-refractivity contribution in [3.8, 4) is 0 Å². The minimum atomic E-state index is -0.469. The van der Waals surface area contributed by atoms with E-state index in [-0.39, 0.29) is 29.0 Å². The van der Waals surface area contributed by atoms with E-state index in [9.17, 15) is 9.18 Å². The number of rotatable bonds is 4. The Hall–Kier alpha value is -1.13. The lowest BCUT2D eigenvalue weighted by Gasteiger charge is -2.12. The molecule has 3 nitrogen and oxygen atoms in total. The van der Waals surface area contributed by atoms with Crippen LogP contribution >= 0.6 is 11.6 Å². The molecule has 0 radical (unpaired) electrons. The molecular weight excluding hydrogens is 231 g/mol. The van der Waals surface area contributed by atoms with Crippen LogP contribution in [0.3, 0.4) is 0 Å². The van der Waals surface area contributed by atoms with Crippen LogP contribution in [-0.2, 0) is 11.2 Å². The van der Waals surface area contributed by atoms with Gasteiger partial charge in [0, 0.05) is 23.2 Å². The Bertz CT molecular complexity index is 364. The first-order chi connectivity index (χ1) is 7.54. The molecule has 0 aliphatic rings. The Morgan fingerprint density at radius 1 is 1.62 bits per heavy atom. The lowest BCUT2D eigenvalue weighted by Crippen LogP contribution is -2.38. The molecule has 88 valence electrons. The summed E-state index contributed by atoms with van der Waals surface area (Å²) in [5, 5.41) is 2.90. The van der Waals surface area contributed by atoms with Gasteiger partial charge >= 0.3 is 0 Å². The number of nitrogens with two attached hydrogens (primary N) is 1. The van der Waals surface area contributed by atoms with Gasteiger partial charge in [0.2, 0.25) is 5.91 Å². The fourth-order valence-electron chi connectivity index (χ4n) is 1.25. The largest absolute Gasteiger partial charge is 0.352 e. The normalized spacial score (nSPS) is 12.2. The van der Waals surface area contributed by atoms with Gasteiger partial charge < -0.3 is 11.1 Å². The first-order valence-electron chi connectivity index (χ1n) is 4.97. The third-order valence-corrected chi connectivity index (χ3v) is 2.51. The van der Waals surface area contributed by atoms with Crippen LogP contribution in [0.25, 0.3) is 0 Å². The van der Waals surface area contributed by atoms with Gasteiger partial charge in [-0.1, -0.05) is 17.7 Å². The molecule has 5 heteroatoms. The van der Waals surface area contributed by atoms with Crippen molar-refractivity contribution in [3.63, 3.8) is 0 Å². The van der Waals surface area contributed by atoms with E-state index in [0.29, 0.717) is 6.54 Å². The van der Waals surface area contributed by atoms with Gasteiger partial charge in [0.05, 0.1) is 6.42 Å². The quantitative estimate of drug-likeness (QED) is 0.843. The van der Waals surface area contributed by atoms with Crippen molar-refractivity contribution >= 4 is 17.5 Å². The van der Waals surface area contributed by atoms with Crippen molar-refractivity contribution in [2.45, 2.75) is 19.4 Å². The van der Waals surface area contributed by atoms with Crippen molar-refractivity contribution in [1.82, 2.24) is 5.32 Å². The summed E-state index contributed by atoms with van der Waals surface area (Å²) >= 11 is 5.80. The van der Waals surface area contributed by atoms with Gasteiger partial charge in [-0.05, 0) is 19.1 Å². The highest BCUT2D eigenvalue weighted by molar-refractivity contribution is 6.31. The van der Waals surface area contributed by atoms with Crippen molar-refractivity contribution in [2.24, 2.45) is 5.73 Å². The summed E-state index contributed by atoms with van der Waals surface area (Å²) in [7, 11) is 0. The van der Waals surface area contributed by atoms with Crippen molar-refractivity contribution in [2.75, 3.05) is 6.54 Å². The van der Waals surface area contributed by atoms with Crippen LogP contribution in [0, 0.1) is 5.82 Å². The van der Waals surface area contributed by atoms with Crippen LogP contribution < -0.4 is 11.1 Å². The molecule has 0 saturated heterocycles. The van der Waals surface area contributed by atoms with Crippen LogP contribution in [0.2, 0.25) is 5.02 Å². The van der Waals surface area contributed by atoms with Crippen molar-refractivity contribution in [1.29, 1.82) is 0 Å². The van der Waals surface area contributed by atoms with E-state index in [0.717, 1.165) is 0 Å².